The summed E-state index contributed by atoms with van der Waals surface area (Å²) in [5.74, 6) is 0. The van der Waals surface area contributed by atoms with E-state index in [4.69, 9.17) is 16.0 Å². The molecule has 0 bridgehead atoms. The second-order valence-electron chi connectivity index (χ2n) is 9.62. The number of nitrogens with zero attached hydrogens (tertiary/aromatic N) is 2. The first kappa shape index (κ1) is 24.1. The Morgan fingerprint density at radius 1 is 0.375 bits per heavy atom. The Hall–Kier alpha value is -4.99. The van der Waals surface area contributed by atoms with Crippen LogP contribution in [0.15, 0.2) is 156 Å². The zero-order valence-electron chi connectivity index (χ0n) is 21.6. The maximum atomic E-state index is 6.44. The number of fused-ring (bicyclic) bond motifs is 3. The quantitative estimate of drug-likeness (QED) is 0.211. The zero-order valence-corrected chi connectivity index (χ0v) is 22.4. The van der Waals surface area contributed by atoms with Crippen LogP contribution < -0.4 is 9.80 Å². The largest absolute Gasteiger partial charge is 0.456 e. The molecule has 0 aliphatic carbocycles. The van der Waals surface area contributed by atoms with Crippen molar-refractivity contribution in [3.05, 3.63) is 157 Å². The molecule has 4 heteroatoms. The summed E-state index contributed by atoms with van der Waals surface area (Å²) in [6, 6.07) is 52.0. The number of anilines is 6. The smallest absolute Gasteiger partial charge is 0.135 e. The Bertz CT molecular complexity index is 1930. The minimum atomic E-state index is 0.695. The lowest BCUT2D eigenvalue weighted by atomic mass is 10.1. The van der Waals surface area contributed by atoms with Crippen molar-refractivity contribution in [3.63, 3.8) is 0 Å². The van der Waals surface area contributed by atoms with Crippen molar-refractivity contribution in [2.45, 2.75) is 0 Å². The number of hydrogen-bond acceptors (Lipinski definition) is 3. The van der Waals surface area contributed by atoms with Gasteiger partial charge in [-0.3, -0.25) is 0 Å². The van der Waals surface area contributed by atoms with Crippen molar-refractivity contribution in [1.82, 2.24) is 0 Å². The first-order chi connectivity index (χ1) is 19.7. The average molecular weight is 537 g/mol. The number of para-hydroxylation sites is 3. The molecule has 40 heavy (non-hydrogen) atoms. The summed E-state index contributed by atoms with van der Waals surface area (Å²) in [6.45, 7) is 0. The molecular formula is C36H25ClN2O. The molecule has 0 fully saturated rings. The molecule has 1 heterocycles. The van der Waals surface area contributed by atoms with Crippen molar-refractivity contribution >= 4 is 67.7 Å². The Kier molecular flexibility index (Phi) is 6.19. The van der Waals surface area contributed by atoms with Crippen LogP contribution in [-0.4, -0.2) is 0 Å². The lowest BCUT2D eigenvalue weighted by molar-refractivity contribution is 0.669. The van der Waals surface area contributed by atoms with Gasteiger partial charge >= 0.3 is 0 Å². The van der Waals surface area contributed by atoms with E-state index in [-0.39, 0.29) is 0 Å². The summed E-state index contributed by atoms with van der Waals surface area (Å²) < 4.78 is 6.12. The van der Waals surface area contributed by atoms with Crippen LogP contribution in [0.1, 0.15) is 0 Å². The Morgan fingerprint density at radius 3 is 1.52 bits per heavy atom. The van der Waals surface area contributed by atoms with Crippen LogP contribution >= 0.6 is 11.6 Å². The number of furan rings is 1. The van der Waals surface area contributed by atoms with Crippen molar-refractivity contribution in [2.24, 2.45) is 0 Å². The van der Waals surface area contributed by atoms with E-state index in [1.165, 1.54) is 0 Å². The highest BCUT2D eigenvalue weighted by Gasteiger charge is 2.18. The predicted octanol–water partition coefficient (Wildman–Crippen LogP) is 11.2. The lowest BCUT2D eigenvalue weighted by Crippen LogP contribution is -2.13. The average Bonchev–Trinajstić information content (AvgIpc) is 3.37. The Labute approximate surface area is 238 Å². The van der Waals surface area contributed by atoms with E-state index in [0.29, 0.717) is 5.02 Å². The summed E-state index contributed by atoms with van der Waals surface area (Å²) in [6.07, 6.45) is 0. The highest BCUT2D eigenvalue weighted by atomic mass is 35.5. The number of hydrogen-bond donors (Lipinski definition) is 0. The molecule has 6 aromatic carbocycles. The van der Waals surface area contributed by atoms with Gasteiger partial charge < -0.3 is 14.2 Å². The SMILES string of the molecule is Clc1cccc(N(c2ccccc2)c2cccc(N(c3ccccc3)c3ccc4oc5ccccc5c4c3)c2)c1. The molecule has 0 amide bonds. The number of benzene rings is 6. The standard InChI is InChI=1S/C36H25ClN2O/c37-26-11-9-16-29(23-26)38(27-12-3-1-4-13-27)30-17-10-18-31(24-30)39(28-14-5-2-6-15-28)32-21-22-36-34(25-32)33-19-7-8-20-35(33)40-36/h1-25H. The Morgan fingerprint density at radius 2 is 0.875 bits per heavy atom. The summed E-state index contributed by atoms with van der Waals surface area (Å²) in [5.41, 5.74) is 8.01. The maximum absolute atomic E-state index is 6.44. The van der Waals surface area contributed by atoms with Gasteiger partial charge in [-0.1, -0.05) is 78.3 Å². The highest BCUT2D eigenvalue weighted by Crippen LogP contribution is 2.42. The number of halogens is 1. The molecule has 3 nitrogen and oxygen atoms in total. The molecule has 0 saturated heterocycles. The van der Waals surface area contributed by atoms with E-state index in [0.717, 1.165) is 56.1 Å². The van der Waals surface area contributed by atoms with Crippen molar-refractivity contribution in [3.8, 4) is 0 Å². The fraction of sp³-hybridized carbons (Fsp3) is 0. The van der Waals surface area contributed by atoms with Gasteiger partial charge in [-0.25, -0.2) is 0 Å². The van der Waals surface area contributed by atoms with Crippen LogP contribution in [0, 0.1) is 0 Å². The van der Waals surface area contributed by atoms with E-state index in [1.807, 2.05) is 42.5 Å². The van der Waals surface area contributed by atoms with E-state index < -0.39 is 0 Å². The molecule has 0 aliphatic heterocycles. The highest BCUT2D eigenvalue weighted by molar-refractivity contribution is 6.30. The van der Waals surface area contributed by atoms with E-state index in [2.05, 4.69) is 119 Å². The summed E-state index contributed by atoms with van der Waals surface area (Å²) in [4.78, 5) is 4.51. The molecule has 7 aromatic rings. The van der Waals surface area contributed by atoms with Crippen LogP contribution in [0.5, 0.6) is 0 Å². The lowest BCUT2D eigenvalue weighted by Gasteiger charge is -2.29. The third kappa shape index (κ3) is 4.47. The second-order valence-corrected chi connectivity index (χ2v) is 10.1. The van der Waals surface area contributed by atoms with Crippen LogP contribution in [0.25, 0.3) is 21.9 Å². The minimum Gasteiger partial charge on any atom is -0.456 e. The van der Waals surface area contributed by atoms with Crippen molar-refractivity contribution in [1.29, 1.82) is 0 Å². The third-order valence-electron chi connectivity index (χ3n) is 7.06. The second kappa shape index (κ2) is 10.3. The van der Waals surface area contributed by atoms with E-state index in [9.17, 15) is 0 Å². The normalized spacial score (nSPS) is 11.1. The van der Waals surface area contributed by atoms with E-state index >= 15 is 0 Å². The van der Waals surface area contributed by atoms with Gasteiger partial charge in [0.1, 0.15) is 11.2 Å². The van der Waals surface area contributed by atoms with Gasteiger partial charge in [0.25, 0.3) is 0 Å². The van der Waals surface area contributed by atoms with Crippen LogP contribution in [0.3, 0.4) is 0 Å². The summed E-state index contributed by atoms with van der Waals surface area (Å²) >= 11 is 6.44. The maximum Gasteiger partial charge on any atom is 0.135 e. The summed E-state index contributed by atoms with van der Waals surface area (Å²) in [7, 11) is 0. The molecule has 0 unspecified atom stereocenters. The van der Waals surface area contributed by atoms with Gasteiger partial charge in [-0.05, 0) is 84.9 Å². The van der Waals surface area contributed by atoms with Gasteiger partial charge in [0, 0.05) is 49.9 Å². The minimum absolute atomic E-state index is 0.695. The predicted molar refractivity (Wildman–Crippen MR) is 168 cm³/mol. The zero-order chi connectivity index (χ0) is 26.9. The first-order valence-electron chi connectivity index (χ1n) is 13.2. The first-order valence-corrected chi connectivity index (χ1v) is 13.6. The van der Waals surface area contributed by atoms with Gasteiger partial charge in [0.2, 0.25) is 0 Å². The van der Waals surface area contributed by atoms with E-state index in [1.54, 1.807) is 0 Å². The van der Waals surface area contributed by atoms with Gasteiger partial charge in [0.05, 0.1) is 0 Å². The third-order valence-corrected chi connectivity index (χ3v) is 7.29. The monoisotopic (exact) mass is 536 g/mol. The van der Waals surface area contributed by atoms with Crippen LogP contribution in [0.2, 0.25) is 5.02 Å². The fourth-order valence-electron chi connectivity index (χ4n) is 5.29. The molecule has 192 valence electrons. The van der Waals surface area contributed by atoms with Crippen molar-refractivity contribution in [2.75, 3.05) is 9.80 Å². The molecule has 0 N–H and O–H groups in total. The number of rotatable bonds is 6. The molecule has 0 spiro atoms. The van der Waals surface area contributed by atoms with Crippen LogP contribution in [0.4, 0.5) is 34.1 Å². The molecule has 0 atom stereocenters. The summed E-state index contributed by atoms with van der Waals surface area (Å²) in [5, 5.41) is 2.90. The van der Waals surface area contributed by atoms with Crippen molar-refractivity contribution < 1.29 is 4.42 Å². The molecule has 0 radical (unpaired) electrons. The van der Waals surface area contributed by atoms with Crippen LogP contribution in [-0.2, 0) is 0 Å². The topological polar surface area (TPSA) is 19.6 Å². The molecule has 1 aromatic heterocycles. The van der Waals surface area contributed by atoms with Gasteiger partial charge in [-0.2, -0.15) is 0 Å². The van der Waals surface area contributed by atoms with Gasteiger partial charge in [0.15, 0.2) is 0 Å². The molecular weight excluding hydrogens is 512 g/mol. The molecule has 0 saturated carbocycles. The van der Waals surface area contributed by atoms with Gasteiger partial charge in [-0.15, -0.1) is 0 Å². The molecule has 7 rings (SSSR count). The molecule has 0 aliphatic rings. The Balaban J connectivity index is 1.40. The fourth-order valence-corrected chi connectivity index (χ4v) is 5.47.